The fourth-order valence-corrected chi connectivity index (χ4v) is 4.31. The number of H-pyrrole nitrogens is 1. The van der Waals surface area contributed by atoms with Gasteiger partial charge in [-0.1, -0.05) is 42.5 Å². The van der Waals surface area contributed by atoms with E-state index in [0.29, 0.717) is 34.0 Å². The van der Waals surface area contributed by atoms with Crippen LogP contribution in [0.3, 0.4) is 0 Å². The van der Waals surface area contributed by atoms with Gasteiger partial charge in [-0.2, -0.15) is 0 Å². The van der Waals surface area contributed by atoms with Gasteiger partial charge in [-0.3, -0.25) is 9.59 Å². The van der Waals surface area contributed by atoms with E-state index in [0.717, 1.165) is 10.4 Å². The molecular formula is C23H21N3O3S. The maximum Gasteiger partial charge on any atom is 0.267 e. The van der Waals surface area contributed by atoms with Crippen molar-refractivity contribution in [1.29, 1.82) is 0 Å². The fourth-order valence-electron chi connectivity index (χ4n) is 3.21. The van der Waals surface area contributed by atoms with Crippen LogP contribution in [0.15, 0.2) is 65.5 Å². The Labute approximate surface area is 177 Å². The molecule has 4 aromatic rings. The number of thiophene rings is 1. The SMILES string of the molecule is CCOc1cc(-c2ccccc2)sc1C(=O)N(C)Cc1nc2ccccc2c(=O)[nH]1. The number of nitrogens with zero attached hydrogens (tertiary/aromatic N) is 2. The molecule has 0 spiro atoms. The molecule has 4 rings (SSSR count). The van der Waals surface area contributed by atoms with E-state index in [1.165, 1.54) is 16.2 Å². The minimum Gasteiger partial charge on any atom is -0.492 e. The number of ether oxygens (including phenoxy) is 1. The van der Waals surface area contributed by atoms with Gasteiger partial charge in [-0.15, -0.1) is 11.3 Å². The van der Waals surface area contributed by atoms with Crippen molar-refractivity contribution in [1.82, 2.24) is 14.9 Å². The number of hydrogen-bond acceptors (Lipinski definition) is 5. The van der Waals surface area contributed by atoms with Crippen molar-refractivity contribution in [2.24, 2.45) is 0 Å². The zero-order valence-corrected chi connectivity index (χ0v) is 17.5. The first kappa shape index (κ1) is 19.8. The van der Waals surface area contributed by atoms with Crippen LogP contribution in [-0.4, -0.2) is 34.4 Å². The normalized spacial score (nSPS) is 10.9. The van der Waals surface area contributed by atoms with Gasteiger partial charge >= 0.3 is 0 Å². The highest BCUT2D eigenvalue weighted by Gasteiger charge is 2.22. The van der Waals surface area contributed by atoms with Crippen molar-refractivity contribution >= 4 is 28.1 Å². The Bertz CT molecular complexity index is 1250. The molecule has 152 valence electrons. The summed E-state index contributed by atoms with van der Waals surface area (Å²) in [4.78, 5) is 35.8. The molecule has 2 aromatic carbocycles. The molecule has 0 saturated heterocycles. The second-order valence-corrected chi connectivity index (χ2v) is 7.85. The third-order valence-electron chi connectivity index (χ3n) is 4.65. The fraction of sp³-hybridized carbons (Fsp3) is 0.174. The Morgan fingerprint density at radius 1 is 1.13 bits per heavy atom. The summed E-state index contributed by atoms with van der Waals surface area (Å²) in [5.41, 5.74) is 1.43. The van der Waals surface area contributed by atoms with E-state index in [9.17, 15) is 9.59 Å². The van der Waals surface area contributed by atoms with E-state index in [2.05, 4.69) is 9.97 Å². The molecule has 30 heavy (non-hydrogen) atoms. The lowest BCUT2D eigenvalue weighted by Gasteiger charge is -2.16. The van der Waals surface area contributed by atoms with Gasteiger partial charge in [-0.25, -0.2) is 4.98 Å². The van der Waals surface area contributed by atoms with Crippen LogP contribution in [0.4, 0.5) is 0 Å². The summed E-state index contributed by atoms with van der Waals surface area (Å²) in [6.07, 6.45) is 0. The molecule has 7 heteroatoms. The lowest BCUT2D eigenvalue weighted by molar-refractivity contribution is 0.0782. The number of amides is 1. The summed E-state index contributed by atoms with van der Waals surface area (Å²) in [6, 6.07) is 18.9. The van der Waals surface area contributed by atoms with Crippen LogP contribution in [0.1, 0.15) is 22.4 Å². The first-order valence-electron chi connectivity index (χ1n) is 9.62. The summed E-state index contributed by atoms with van der Waals surface area (Å²) in [5, 5.41) is 0.527. The van der Waals surface area contributed by atoms with Gasteiger partial charge in [0.15, 0.2) is 0 Å². The quantitative estimate of drug-likeness (QED) is 0.505. The van der Waals surface area contributed by atoms with Crippen molar-refractivity contribution in [2.75, 3.05) is 13.7 Å². The van der Waals surface area contributed by atoms with Crippen LogP contribution in [0.2, 0.25) is 0 Å². The molecule has 0 bridgehead atoms. The van der Waals surface area contributed by atoms with Gasteiger partial charge in [0, 0.05) is 11.9 Å². The molecule has 0 radical (unpaired) electrons. The minimum atomic E-state index is -0.214. The zero-order valence-electron chi connectivity index (χ0n) is 16.7. The van der Waals surface area contributed by atoms with E-state index < -0.39 is 0 Å². The summed E-state index contributed by atoms with van der Waals surface area (Å²) in [5.74, 6) is 0.826. The van der Waals surface area contributed by atoms with E-state index >= 15 is 0 Å². The third kappa shape index (κ3) is 3.97. The second-order valence-electron chi connectivity index (χ2n) is 6.79. The predicted octanol–water partition coefficient (Wildman–Crippen LogP) is 4.32. The van der Waals surface area contributed by atoms with Gasteiger partial charge in [0.25, 0.3) is 11.5 Å². The predicted molar refractivity (Wildman–Crippen MR) is 119 cm³/mol. The number of rotatable bonds is 6. The average molecular weight is 420 g/mol. The Balaban J connectivity index is 1.62. The lowest BCUT2D eigenvalue weighted by Crippen LogP contribution is -2.28. The number of fused-ring (bicyclic) bond motifs is 1. The Kier molecular flexibility index (Phi) is 5.63. The topological polar surface area (TPSA) is 75.3 Å². The number of para-hydroxylation sites is 1. The Morgan fingerprint density at radius 3 is 2.63 bits per heavy atom. The van der Waals surface area contributed by atoms with Crippen LogP contribution in [0.5, 0.6) is 5.75 Å². The van der Waals surface area contributed by atoms with Gasteiger partial charge in [0.2, 0.25) is 0 Å². The van der Waals surface area contributed by atoms with Crippen LogP contribution >= 0.6 is 11.3 Å². The molecular weight excluding hydrogens is 398 g/mol. The van der Waals surface area contributed by atoms with Crippen molar-refractivity contribution < 1.29 is 9.53 Å². The number of carbonyl (C=O) groups is 1. The second kappa shape index (κ2) is 8.51. The highest BCUT2D eigenvalue weighted by Crippen LogP contribution is 2.37. The number of hydrogen-bond donors (Lipinski definition) is 1. The molecule has 0 unspecified atom stereocenters. The standard InChI is InChI=1S/C23H21N3O3S/c1-3-29-18-13-19(15-9-5-4-6-10-15)30-21(18)23(28)26(2)14-20-24-17-12-8-7-11-16(17)22(27)25-20/h4-13H,3,14H2,1-2H3,(H,24,25,27). The highest BCUT2D eigenvalue weighted by molar-refractivity contribution is 7.17. The number of benzene rings is 2. The number of aromatic amines is 1. The molecule has 2 heterocycles. The molecule has 0 fully saturated rings. The minimum absolute atomic E-state index is 0.179. The molecule has 0 saturated carbocycles. The highest BCUT2D eigenvalue weighted by atomic mass is 32.1. The molecule has 6 nitrogen and oxygen atoms in total. The van der Waals surface area contributed by atoms with Crippen LogP contribution in [-0.2, 0) is 6.54 Å². The maximum atomic E-state index is 13.2. The number of aromatic nitrogens is 2. The largest absolute Gasteiger partial charge is 0.492 e. The average Bonchev–Trinajstić information content (AvgIpc) is 3.18. The molecule has 0 atom stereocenters. The molecule has 1 amide bonds. The summed E-state index contributed by atoms with van der Waals surface area (Å²) < 4.78 is 5.73. The molecule has 0 aliphatic heterocycles. The van der Waals surface area contributed by atoms with Crippen LogP contribution in [0.25, 0.3) is 21.3 Å². The van der Waals surface area contributed by atoms with Gasteiger partial charge in [0.05, 0.1) is 24.1 Å². The zero-order chi connectivity index (χ0) is 21.1. The molecule has 0 aliphatic rings. The van der Waals surface area contributed by atoms with Gasteiger partial charge in [0.1, 0.15) is 16.5 Å². The monoisotopic (exact) mass is 419 g/mol. The lowest BCUT2D eigenvalue weighted by atomic mass is 10.2. The van der Waals surface area contributed by atoms with Crippen molar-refractivity contribution in [3.63, 3.8) is 0 Å². The summed E-state index contributed by atoms with van der Waals surface area (Å²) >= 11 is 1.40. The molecule has 1 N–H and O–H groups in total. The molecule has 2 aromatic heterocycles. The van der Waals surface area contributed by atoms with E-state index in [4.69, 9.17) is 4.74 Å². The Morgan fingerprint density at radius 2 is 1.87 bits per heavy atom. The number of nitrogens with one attached hydrogen (secondary N) is 1. The van der Waals surface area contributed by atoms with Crippen LogP contribution < -0.4 is 10.3 Å². The van der Waals surface area contributed by atoms with E-state index in [-0.39, 0.29) is 18.0 Å². The van der Waals surface area contributed by atoms with Gasteiger partial charge in [-0.05, 0) is 30.7 Å². The molecule has 0 aliphatic carbocycles. The smallest absolute Gasteiger partial charge is 0.267 e. The number of carbonyl (C=O) groups excluding carboxylic acids is 1. The maximum absolute atomic E-state index is 13.2. The first-order chi connectivity index (χ1) is 14.6. The van der Waals surface area contributed by atoms with Gasteiger partial charge < -0.3 is 14.6 Å². The van der Waals surface area contributed by atoms with Crippen molar-refractivity contribution in [3.05, 3.63) is 81.7 Å². The first-order valence-corrected chi connectivity index (χ1v) is 10.4. The van der Waals surface area contributed by atoms with E-state index in [1.807, 2.05) is 49.4 Å². The van der Waals surface area contributed by atoms with Crippen molar-refractivity contribution in [2.45, 2.75) is 13.5 Å². The summed E-state index contributed by atoms with van der Waals surface area (Å²) in [6.45, 7) is 2.54. The van der Waals surface area contributed by atoms with E-state index in [1.54, 1.807) is 25.2 Å². The van der Waals surface area contributed by atoms with Crippen molar-refractivity contribution in [3.8, 4) is 16.2 Å². The Hall–Kier alpha value is -3.45. The summed E-state index contributed by atoms with van der Waals surface area (Å²) in [7, 11) is 1.69. The van der Waals surface area contributed by atoms with Crippen LogP contribution in [0, 0.1) is 0 Å². The third-order valence-corrected chi connectivity index (χ3v) is 5.80.